The highest BCUT2D eigenvalue weighted by Gasteiger charge is 2.36. The maximum absolute atomic E-state index is 12.2. The van der Waals surface area contributed by atoms with Crippen LogP contribution in [0.1, 0.15) is 34.1 Å². The second-order valence-electron chi connectivity index (χ2n) is 5.59. The summed E-state index contributed by atoms with van der Waals surface area (Å²) in [6.07, 6.45) is 0.742. The van der Waals surface area contributed by atoms with E-state index in [2.05, 4.69) is 13.8 Å². The molecule has 0 aromatic heterocycles. The Bertz CT molecular complexity index is 251. The van der Waals surface area contributed by atoms with E-state index in [1.54, 1.807) is 0 Å². The maximum atomic E-state index is 12.2. The largest absolute Gasteiger partial charge is 0.377 e. The SMILES string of the molecule is CC(C)C[C@@H](N)C(=O)N1CCOCC1(C)C. The highest BCUT2D eigenvalue weighted by molar-refractivity contribution is 5.82. The van der Waals surface area contributed by atoms with Crippen molar-refractivity contribution >= 4 is 5.91 Å². The van der Waals surface area contributed by atoms with Gasteiger partial charge in [-0.05, 0) is 26.2 Å². The van der Waals surface area contributed by atoms with Gasteiger partial charge in [0.2, 0.25) is 5.91 Å². The average Bonchev–Trinajstić information content (AvgIpc) is 2.15. The molecule has 94 valence electrons. The number of ether oxygens (including phenoxy) is 1. The number of nitrogens with zero attached hydrogens (tertiary/aromatic N) is 1. The fourth-order valence-electron chi connectivity index (χ4n) is 2.08. The first-order chi connectivity index (χ1) is 7.34. The smallest absolute Gasteiger partial charge is 0.240 e. The zero-order chi connectivity index (χ0) is 12.3. The molecule has 0 bridgehead atoms. The van der Waals surface area contributed by atoms with Gasteiger partial charge in [-0.25, -0.2) is 0 Å². The zero-order valence-corrected chi connectivity index (χ0v) is 10.8. The molecule has 1 amide bonds. The molecular weight excluding hydrogens is 204 g/mol. The summed E-state index contributed by atoms with van der Waals surface area (Å²) in [5, 5.41) is 0. The van der Waals surface area contributed by atoms with Crippen molar-refractivity contribution < 1.29 is 9.53 Å². The Kier molecular flexibility index (Phi) is 4.33. The van der Waals surface area contributed by atoms with E-state index in [1.165, 1.54) is 0 Å². The van der Waals surface area contributed by atoms with Gasteiger partial charge < -0.3 is 15.4 Å². The Hall–Kier alpha value is -0.610. The molecule has 0 aromatic rings. The van der Waals surface area contributed by atoms with E-state index in [4.69, 9.17) is 10.5 Å². The molecule has 1 fully saturated rings. The number of rotatable bonds is 3. The maximum Gasteiger partial charge on any atom is 0.240 e. The van der Waals surface area contributed by atoms with Gasteiger partial charge in [0.25, 0.3) is 0 Å². The average molecular weight is 228 g/mol. The summed E-state index contributed by atoms with van der Waals surface area (Å²) < 4.78 is 5.39. The Labute approximate surface area is 98.1 Å². The van der Waals surface area contributed by atoms with Gasteiger partial charge in [-0.2, -0.15) is 0 Å². The molecule has 0 saturated carbocycles. The molecule has 0 unspecified atom stereocenters. The summed E-state index contributed by atoms with van der Waals surface area (Å²) >= 11 is 0. The molecule has 1 saturated heterocycles. The number of carbonyl (C=O) groups excluding carboxylic acids is 1. The predicted molar refractivity (Wildman–Crippen MR) is 64.0 cm³/mol. The van der Waals surface area contributed by atoms with Crippen molar-refractivity contribution in [2.75, 3.05) is 19.8 Å². The Morgan fingerprint density at radius 3 is 2.62 bits per heavy atom. The summed E-state index contributed by atoms with van der Waals surface area (Å²) in [4.78, 5) is 14.1. The van der Waals surface area contributed by atoms with Crippen LogP contribution in [0.3, 0.4) is 0 Å². The van der Waals surface area contributed by atoms with Crippen LogP contribution in [0.15, 0.2) is 0 Å². The van der Waals surface area contributed by atoms with E-state index in [1.807, 2.05) is 18.7 Å². The van der Waals surface area contributed by atoms with E-state index in [0.717, 1.165) is 6.42 Å². The molecule has 0 aromatic carbocycles. The van der Waals surface area contributed by atoms with Gasteiger partial charge in [-0.15, -0.1) is 0 Å². The fraction of sp³-hybridized carbons (Fsp3) is 0.917. The normalized spacial score (nSPS) is 22.2. The van der Waals surface area contributed by atoms with E-state index >= 15 is 0 Å². The Morgan fingerprint density at radius 2 is 2.12 bits per heavy atom. The van der Waals surface area contributed by atoms with Gasteiger partial charge in [0.15, 0.2) is 0 Å². The van der Waals surface area contributed by atoms with Gasteiger partial charge in [0, 0.05) is 6.54 Å². The third kappa shape index (κ3) is 3.19. The molecule has 2 N–H and O–H groups in total. The zero-order valence-electron chi connectivity index (χ0n) is 10.8. The number of amides is 1. The molecule has 0 radical (unpaired) electrons. The lowest BCUT2D eigenvalue weighted by Gasteiger charge is -2.43. The van der Waals surface area contributed by atoms with E-state index in [-0.39, 0.29) is 17.5 Å². The number of nitrogens with two attached hydrogens (primary N) is 1. The molecule has 1 rings (SSSR count). The first-order valence-corrected chi connectivity index (χ1v) is 5.99. The van der Waals surface area contributed by atoms with Crippen molar-refractivity contribution in [3.63, 3.8) is 0 Å². The van der Waals surface area contributed by atoms with Gasteiger partial charge in [-0.1, -0.05) is 13.8 Å². The van der Waals surface area contributed by atoms with Crippen LogP contribution in [0.5, 0.6) is 0 Å². The fourth-order valence-corrected chi connectivity index (χ4v) is 2.08. The van der Waals surface area contributed by atoms with Crippen molar-refractivity contribution in [1.29, 1.82) is 0 Å². The van der Waals surface area contributed by atoms with Crippen LogP contribution < -0.4 is 5.73 Å². The van der Waals surface area contributed by atoms with Crippen molar-refractivity contribution in [3.05, 3.63) is 0 Å². The summed E-state index contributed by atoms with van der Waals surface area (Å²) in [7, 11) is 0. The molecule has 1 aliphatic rings. The molecule has 0 spiro atoms. The lowest BCUT2D eigenvalue weighted by Crippen LogP contribution is -2.59. The van der Waals surface area contributed by atoms with E-state index in [9.17, 15) is 4.79 Å². The van der Waals surface area contributed by atoms with Crippen LogP contribution in [0, 0.1) is 5.92 Å². The summed E-state index contributed by atoms with van der Waals surface area (Å²) in [5.41, 5.74) is 5.71. The van der Waals surface area contributed by atoms with E-state index in [0.29, 0.717) is 25.7 Å². The Balaban J connectivity index is 2.64. The number of morpholine rings is 1. The minimum Gasteiger partial charge on any atom is -0.377 e. The standard InChI is InChI=1S/C12H24N2O2/c1-9(2)7-10(13)11(15)14-5-6-16-8-12(14,3)4/h9-10H,5-8,13H2,1-4H3/t10-/m1/s1. The first kappa shape index (κ1) is 13.5. The van der Waals surface area contributed by atoms with Gasteiger partial charge in [0.05, 0.1) is 24.8 Å². The van der Waals surface area contributed by atoms with E-state index < -0.39 is 0 Å². The lowest BCUT2D eigenvalue weighted by molar-refractivity contribution is -0.148. The predicted octanol–water partition coefficient (Wildman–Crippen LogP) is 0.997. The van der Waals surface area contributed by atoms with Gasteiger partial charge in [-0.3, -0.25) is 4.79 Å². The molecule has 1 atom stereocenters. The number of carbonyl (C=O) groups is 1. The first-order valence-electron chi connectivity index (χ1n) is 5.99. The molecule has 0 aliphatic carbocycles. The minimum absolute atomic E-state index is 0.0574. The monoisotopic (exact) mass is 228 g/mol. The minimum atomic E-state index is -0.377. The lowest BCUT2D eigenvalue weighted by atomic mass is 9.98. The number of hydrogen-bond donors (Lipinski definition) is 1. The highest BCUT2D eigenvalue weighted by atomic mass is 16.5. The quantitative estimate of drug-likeness (QED) is 0.784. The third-order valence-electron chi connectivity index (χ3n) is 2.95. The molecular formula is C12H24N2O2. The topological polar surface area (TPSA) is 55.6 Å². The summed E-state index contributed by atoms with van der Waals surface area (Å²) in [6, 6.07) is -0.377. The molecule has 4 nitrogen and oxygen atoms in total. The van der Waals surface area contributed by atoms with Crippen LogP contribution >= 0.6 is 0 Å². The van der Waals surface area contributed by atoms with Crippen LogP contribution in [0.25, 0.3) is 0 Å². The van der Waals surface area contributed by atoms with Crippen molar-refractivity contribution in [2.45, 2.75) is 45.7 Å². The van der Waals surface area contributed by atoms with Crippen LogP contribution in [-0.4, -0.2) is 42.1 Å². The second kappa shape index (κ2) is 5.15. The van der Waals surface area contributed by atoms with Crippen molar-refractivity contribution in [3.8, 4) is 0 Å². The highest BCUT2D eigenvalue weighted by Crippen LogP contribution is 2.20. The summed E-state index contributed by atoms with van der Waals surface area (Å²) in [6.45, 7) is 10.1. The second-order valence-corrected chi connectivity index (χ2v) is 5.59. The van der Waals surface area contributed by atoms with Crippen molar-refractivity contribution in [2.24, 2.45) is 11.7 Å². The molecule has 16 heavy (non-hydrogen) atoms. The molecule has 4 heteroatoms. The van der Waals surface area contributed by atoms with Gasteiger partial charge in [0.1, 0.15) is 0 Å². The summed E-state index contributed by atoms with van der Waals surface area (Å²) in [5.74, 6) is 0.505. The number of hydrogen-bond acceptors (Lipinski definition) is 3. The van der Waals surface area contributed by atoms with Gasteiger partial charge >= 0.3 is 0 Å². The van der Waals surface area contributed by atoms with Crippen LogP contribution in [0.2, 0.25) is 0 Å². The van der Waals surface area contributed by atoms with Crippen LogP contribution in [-0.2, 0) is 9.53 Å². The van der Waals surface area contributed by atoms with Crippen LogP contribution in [0.4, 0.5) is 0 Å². The molecule has 1 heterocycles. The van der Waals surface area contributed by atoms with Crippen molar-refractivity contribution in [1.82, 2.24) is 4.90 Å². The molecule has 1 aliphatic heterocycles. The Morgan fingerprint density at radius 1 is 1.50 bits per heavy atom. The third-order valence-corrected chi connectivity index (χ3v) is 2.95.